The van der Waals surface area contributed by atoms with E-state index in [1.807, 2.05) is 12.4 Å². The lowest BCUT2D eigenvalue weighted by atomic mass is 9.93. The normalized spacial score (nSPS) is 17.1. The maximum atomic E-state index is 4.79. The largest absolute Gasteiger partial charge is 0.371 e. The van der Waals surface area contributed by atoms with E-state index in [0.717, 1.165) is 41.1 Å². The molecule has 23 heavy (non-hydrogen) atoms. The first kappa shape index (κ1) is 14.2. The molecule has 4 nitrogen and oxygen atoms in total. The van der Waals surface area contributed by atoms with Crippen molar-refractivity contribution >= 4 is 16.9 Å². The zero-order chi connectivity index (χ0) is 16.0. The summed E-state index contributed by atoms with van der Waals surface area (Å²) in [6.07, 6.45) is 5.05. The van der Waals surface area contributed by atoms with Crippen LogP contribution in [0.25, 0.3) is 22.4 Å². The van der Waals surface area contributed by atoms with Crippen LogP contribution in [0.2, 0.25) is 0 Å². The van der Waals surface area contributed by atoms with Crippen LogP contribution in [0.15, 0.2) is 36.7 Å². The maximum Gasteiger partial charge on any atom is 0.156 e. The lowest BCUT2D eigenvalue weighted by Crippen LogP contribution is -2.22. The Hall–Kier alpha value is -2.36. The van der Waals surface area contributed by atoms with Gasteiger partial charge in [-0.3, -0.25) is 0 Å². The fraction of sp³-hybridized carbons (Fsp3) is 0.368. The van der Waals surface area contributed by atoms with Crippen molar-refractivity contribution in [1.29, 1.82) is 0 Å². The quantitative estimate of drug-likeness (QED) is 0.773. The second kappa shape index (κ2) is 5.08. The Labute approximate surface area is 136 Å². The number of hydrogen-bond acceptors (Lipinski definition) is 3. The molecule has 2 aromatic heterocycles. The summed E-state index contributed by atoms with van der Waals surface area (Å²) in [5, 5.41) is 0. The van der Waals surface area contributed by atoms with Gasteiger partial charge in [0.2, 0.25) is 0 Å². The van der Waals surface area contributed by atoms with Crippen LogP contribution in [0.5, 0.6) is 0 Å². The molecule has 0 bridgehead atoms. The van der Waals surface area contributed by atoms with Gasteiger partial charge in [0.25, 0.3) is 0 Å². The van der Waals surface area contributed by atoms with Gasteiger partial charge in [-0.05, 0) is 36.5 Å². The molecule has 1 aliphatic heterocycles. The molecule has 0 saturated carbocycles. The number of nitrogens with zero attached hydrogens (tertiary/aromatic N) is 3. The topological polar surface area (TPSA) is 44.8 Å². The van der Waals surface area contributed by atoms with E-state index in [1.165, 1.54) is 12.1 Å². The third-order valence-electron chi connectivity index (χ3n) is 4.76. The highest BCUT2D eigenvalue weighted by atomic mass is 15.2. The van der Waals surface area contributed by atoms with Crippen molar-refractivity contribution in [3.05, 3.63) is 42.2 Å². The minimum Gasteiger partial charge on any atom is -0.371 e. The van der Waals surface area contributed by atoms with Crippen molar-refractivity contribution in [3.63, 3.8) is 0 Å². The molecular formula is C19H22N4. The van der Waals surface area contributed by atoms with Gasteiger partial charge in [0.15, 0.2) is 5.65 Å². The first-order chi connectivity index (χ1) is 11.0. The highest BCUT2D eigenvalue weighted by Crippen LogP contribution is 2.34. The Bertz CT molecular complexity index is 863. The summed E-state index contributed by atoms with van der Waals surface area (Å²) in [4.78, 5) is 14.9. The van der Waals surface area contributed by atoms with Crippen LogP contribution in [-0.2, 0) is 0 Å². The van der Waals surface area contributed by atoms with Crippen molar-refractivity contribution in [1.82, 2.24) is 15.0 Å². The monoisotopic (exact) mass is 306 g/mol. The number of H-pyrrole nitrogens is 1. The Kier molecular flexibility index (Phi) is 3.15. The predicted molar refractivity (Wildman–Crippen MR) is 94.7 cm³/mol. The van der Waals surface area contributed by atoms with Gasteiger partial charge in [0.1, 0.15) is 5.52 Å². The van der Waals surface area contributed by atoms with E-state index >= 15 is 0 Å². The maximum absolute atomic E-state index is 4.79. The summed E-state index contributed by atoms with van der Waals surface area (Å²) < 4.78 is 0. The van der Waals surface area contributed by atoms with Crippen LogP contribution >= 0.6 is 0 Å². The van der Waals surface area contributed by atoms with Crippen LogP contribution < -0.4 is 4.90 Å². The Morgan fingerprint density at radius 2 is 2.13 bits per heavy atom. The van der Waals surface area contributed by atoms with Crippen LogP contribution in [-0.4, -0.2) is 28.0 Å². The zero-order valence-corrected chi connectivity index (χ0v) is 13.9. The minimum atomic E-state index is 0.400. The first-order valence-corrected chi connectivity index (χ1v) is 8.18. The van der Waals surface area contributed by atoms with Crippen LogP contribution in [0.1, 0.15) is 25.8 Å². The number of nitrogens with one attached hydrogen (secondary N) is 1. The van der Waals surface area contributed by atoms with Gasteiger partial charge in [-0.1, -0.05) is 26.0 Å². The fourth-order valence-corrected chi connectivity index (χ4v) is 3.35. The van der Waals surface area contributed by atoms with Crippen molar-refractivity contribution in [2.24, 2.45) is 5.41 Å². The number of benzene rings is 1. The number of aromatic amines is 1. The summed E-state index contributed by atoms with van der Waals surface area (Å²) in [5.74, 6) is 0. The summed E-state index contributed by atoms with van der Waals surface area (Å²) >= 11 is 0. The molecular weight excluding hydrogens is 284 g/mol. The Morgan fingerprint density at radius 1 is 1.26 bits per heavy atom. The number of hydrogen-bond donors (Lipinski definition) is 1. The molecule has 0 amide bonds. The van der Waals surface area contributed by atoms with E-state index in [0.29, 0.717) is 5.41 Å². The molecule has 3 heterocycles. The predicted octanol–water partition coefficient (Wildman–Crippen LogP) is 4.17. The van der Waals surface area contributed by atoms with Crippen molar-refractivity contribution in [2.75, 3.05) is 18.0 Å². The molecule has 4 rings (SSSR count). The molecule has 3 aromatic rings. The first-order valence-electron chi connectivity index (χ1n) is 8.18. The van der Waals surface area contributed by atoms with E-state index < -0.39 is 0 Å². The third kappa shape index (κ3) is 2.58. The van der Waals surface area contributed by atoms with Gasteiger partial charge in [-0.2, -0.15) is 0 Å². The van der Waals surface area contributed by atoms with Crippen molar-refractivity contribution < 1.29 is 0 Å². The number of anilines is 1. The summed E-state index contributed by atoms with van der Waals surface area (Å²) in [5.41, 5.74) is 6.67. The van der Waals surface area contributed by atoms with Gasteiger partial charge >= 0.3 is 0 Å². The summed E-state index contributed by atoms with van der Waals surface area (Å²) in [6.45, 7) is 8.96. The van der Waals surface area contributed by atoms with Crippen LogP contribution in [0.4, 0.5) is 5.69 Å². The second-order valence-corrected chi connectivity index (χ2v) is 7.31. The molecule has 1 saturated heterocycles. The summed E-state index contributed by atoms with van der Waals surface area (Å²) in [7, 11) is 0. The molecule has 1 aliphatic rings. The molecule has 1 fully saturated rings. The second-order valence-electron chi connectivity index (χ2n) is 7.31. The smallest absolute Gasteiger partial charge is 0.156 e. The highest BCUT2D eigenvalue weighted by molar-refractivity contribution is 5.78. The SMILES string of the molecule is Cc1c[nH]c2ncc(-c3cccc(N4CCC(C)(C)C4)c3)nc12. The van der Waals surface area contributed by atoms with E-state index in [1.54, 1.807) is 0 Å². The number of fused-ring (bicyclic) bond motifs is 1. The third-order valence-corrected chi connectivity index (χ3v) is 4.76. The zero-order valence-electron chi connectivity index (χ0n) is 13.9. The molecule has 0 spiro atoms. The number of aromatic nitrogens is 3. The molecule has 0 atom stereocenters. The van der Waals surface area contributed by atoms with Gasteiger partial charge in [-0.25, -0.2) is 9.97 Å². The van der Waals surface area contributed by atoms with Gasteiger partial charge in [0, 0.05) is 30.5 Å². The Balaban J connectivity index is 1.71. The Morgan fingerprint density at radius 3 is 2.91 bits per heavy atom. The molecule has 0 radical (unpaired) electrons. The van der Waals surface area contributed by atoms with E-state index in [2.05, 4.69) is 59.9 Å². The lowest BCUT2D eigenvalue weighted by molar-refractivity contribution is 0.418. The molecule has 0 unspecified atom stereocenters. The molecule has 1 aromatic carbocycles. The number of rotatable bonds is 2. The highest BCUT2D eigenvalue weighted by Gasteiger charge is 2.29. The van der Waals surface area contributed by atoms with Crippen LogP contribution in [0, 0.1) is 12.3 Å². The molecule has 4 heteroatoms. The van der Waals surface area contributed by atoms with Crippen LogP contribution in [0.3, 0.4) is 0 Å². The fourth-order valence-electron chi connectivity index (χ4n) is 3.35. The molecule has 118 valence electrons. The molecule has 0 aliphatic carbocycles. The van der Waals surface area contributed by atoms with Crippen molar-refractivity contribution in [3.8, 4) is 11.3 Å². The minimum absolute atomic E-state index is 0.400. The summed E-state index contributed by atoms with van der Waals surface area (Å²) in [6, 6.07) is 8.66. The average Bonchev–Trinajstić information content (AvgIpc) is 3.10. The average molecular weight is 306 g/mol. The van der Waals surface area contributed by atoms with E-state index in [-0.39, 0.29) is 0 Å². The van der Waals surface area contributed by atoms with Crippen molar-refractivity contribution in [2.45, 2.75) is 27.2 Å². The van der Waals surface area contributed by atoms with Gasteiger partial charge < -0.3 is 9.88 Å². The van der Waals surface area contributed by atoms with E-state index in [9.17, 15) is 0 Å². The molecule has 1 N–H and O–H groups in total. The number of aryl methyl sites for hydroxylation is 1. The van der Waals surface area contributed by atoms with Gasteiger partial charge in [-0.15, -0.1) is 0 Å². The standard InChI is InChI=1S/C19H22N4/c1-13-10-20-18-17(13)22-16(11-21-18)14-5-4-6-15(9-14)23-8-7-19(2,3)12-23/h4-6,9-11H,7-8,12H2,1-3H3,(H,20,21). The van der Waals surface area contributed by atoms with Gasteiger partial charge in [0.05, 0.1) is 11.9 Å². The van der Waals surface area contributed by atoms with E-state index in [4.69, 9.17) is 4.98 Å². The lowest BCUT2D eigenvalue weighted by Gasteiger charge is -2.22.